The second-order valence-corrected chi connectivity index (χ2v) is 7.02. The van der Waals surface area contributed by atoms with E-state index < -0.39 is 0 Å². The molecule has 1 aromatic carbocycles. The molecule has 0 unspecified atom stereocenters. The highest BCUT2D eigenvalue weighted by atomic mass is 35.5. The lowest BCUT2D eigenvalue weighted by Crippen LogP contribution is -2.45. The Morgan fingerprint density at radius 2 is 1.61 bits per heavy atom. The van der Waals surface area contributed by atoms with Gasteiger partial charge in [-0.05, 0) is 49.9 Å². The van der Waals surface area contributed by atoms with Crippen molar-refractivity contribution in [2.75, 3.05) is 0 Å². The summed E-state index contributed by atoms with van der Waals surface area (Å²) in [4.78, 5) is 12.1. The molecule has 1 N–H and O–H groups in total. The molecule has 18 heavy (non-hydrogen) atoms. The first-order chi connectivity index (χ1) is 8.09. The maximum absolute atomic E-state index is 12.1. The molecule has 3 heteroatoms. The summed E-state index contributed by atoms with van der Waals surface area (Å²) in [6, 6.07) is 6.94. The van der Waals surface area contributed by atoms with E-state index in [0.29, 0.717) is 10.6 Å². The molecule has 0 saturated heterocycles. The van der Waals surface area contributed by atoms with Crippen molar-refractivity contribution in [1.29, 1.82) is 0 Å². The van der Waals surface area contributed by atoms with Crippen molar-refractivity contribution in [1.82, 2.24) is 5.32 Å². The van der Waals surface area contributed by atoms with Gasteiger partial charge < -0.3 is 5.32 Å². The predicted octanol–water partition coefficient (Wildman–Crippen LogP) is 4.28. The lowest BCUT2D eigenvalue weighted by Gasteiger charge is -2.33. The van der Waals surface area contributed by atoms with Crippen LogP contribution in [-0.4, -0.2) is 11.4 Å². The molecule has 0 aliphatic carbocycles. The summed E-state index contributed by atoms with van der Waals surface area (Å²) in [5, 5.41) is 3.71. The first-order valence-corrected chi connectivity index (χ1v) is 6.55. The Bertz CT molecular complexity index is 415. The minimum Gasteiger partial charge on any atom is -0.347 e. The maximum atomic E-state index is 12.1. The standard InChI is InChI=1S/C15H22ClNO/c1-14(2,3)10-15(4,5)17-13(18)11-6-8-12(16)9-7-11/h6-9H,10H2,1-5H3,(H,17,18). The van der Waals surface area contributed by atoms with Crippen LogP contribution in [-0.2, 0) is 0 Å². The normalized spacial score (nSPS) is 12.3. The monoisotopic (exact) mass is 267 g/mol. The number of hydrogen-bond acceptors (Lipinski definition) is 1. The van der Waals surface area contributed by atoms with Gasteiger partial charge in [0.25, 0.3) is 5.91 Å². The number of nitrogens with one attached hydrogen (secondary N) is 1. The van der Waals surface area contributed by atoms with Crippen LogP contribution < -0.4 is 5.32 Å². The minimum absolute atomic E-state index is 0.0547. The Hall–Kier alpha value is -1.02. The summed E-state index contributed by atoms with van der Waals surface area (Å²) in [6.07, 6.45) is 0.916. The van der Waals surface area contributed by atoms with E-state index in [9.17, 15) is 4.79 Å². The van der Waals surface area contributed by atoms with E-state index in [1.807, 2.05) is 13.8 Å². The lowest BCUT2D eigenvalue weighted by atomic mass is 9.81. The van der Waals surface area contributed by atoms with E-state index in [4.69, 9.17) is 11.6 Å². The van der Waals surface area contributed by atoms with Gasteiger partial charge in [0.05, 0.1) is 0 Å². The molecule has 0 fully saturated rings. The summed E-state index contributed by atoms with van der Waals surface area (Å²) in [7, 11) is 0. The number of hydrogen-bond donors (Lipinski definition) is 1. The molecule has 1 rings (SSSR count). The molecular weight excluding hydrogens is 246 g/mol. The SMILES string of the molecule is CC(C)(C)CC(C)(C)NC(=O)c1ccc(Cl)cc1. The van der Waals surface area contributed by atoms with Gasteiger partial charge in [-0.15, -0.1) is 0 Å². The summed E-state index contributed by atoms with van der Waals surface area (Å²) in [5.74, 6) is -0.0547. The van der Waals surface area contributed by atoms with Crippen molar-refractivity contribution in [3.05, 3.63) is 34.9 Å². The first kappa shape index (κ1) is 15.0. The van der Waals surface area contributed by atoms with Gasteiger partial charge in [-0.25, -0.2) is 0 Å². The first-order valence-electron chi connectivity index (χ1n) is 6.17. The van der Waals surface area contributed by atoms with E-state index in [1.54, 1.807) is 24.3 Å². The number of amides is 1. The molecular formula is C15H22ClNO. The average molecular weight is 268 g/mol. The fraction of sp³-hybridized carbons (Fsp3) is 0.533. The van der Waals surface area contributed by atoms with Crippen molar-refractivity contribution >= 4 is 17.5 Å². The fourth-order valence-electron chi connectivity index (χ4n) is 2.35. The molecule has 0 radical (unpaired) electrons. The Morgan fingerprint density at radius 1 is 1.11 bits per heavy atom. The van der Waals surface area contributed by atoms with E-state index in [0.717, 1.165) is 6.42 Å². The highest BCUT2D eigenvalue weighted by molar-refractivity contribution is 6.30. The van der Waals surface area contributed by atoms with Crippen LogP contribution in [0.2, 0.25) is 5.02 Å². The van der Waals surface area contributed by atoms with Crippen molar-refractivity contribution < 1.29 is 4.79 Å². The van der Waals surface area contributed by atoms with E-state index in [2.05, 4.69) is 26.1 Å². The zero-order chi connectivity index (χ0) is 14.0. The molecule has 0 bridgehead atoms. The number of carbonyl (C=O) groups is 1. The van der Waals surface area contributed by atoms with Gasteiger partial charge in [0.1, 0.15) is 0 Å². The molecule has 1 amide bonds. The Kier molecular flexibility index (Phi) is 4.44. The van der Waals surface area contributed by atoms with Crippen LogP contribution in [0.1, 0.15) is 51.4 Å². The van der Waals surface area contributed by atoms with Gasteiger partial charge in [0.2, 0.25) is 0 Å². The van der Waals surface area contributed by atoms with Crippen molar-refractivity contribution in [3.63, 3.8) is 0 Å². The van der Waals surface area contributed by atoms with Crippen LogP contribution in [0, 0.1) is 5.41 Å². The fourth-order valence-corrected chi connectivity index (χ4v) is 2.48. The van der Waals surface area contributed by atoms with Crippen LogP contribution in [0.5, 0.6) is 0 Å². The molecule has 0 heterocycles. The van der Waals surface area contributed by atoms with Gasteiger partial charge in [0.15, 0.2) is 0 Å². The molecule has 0 aliphatic rings. The number of halogens is 1. The van der Waals surface area contributed by atoms with E-state index in [1.165, 1.54) is 0 Å². The number of benzene rings is 1. The van der Waals surface area contributed by atoms with Gasteiger partial charge in [-0.2, -0.15) is 0 Å². The molecule has 2 nitrogen and oxygen atoms in total. The van der Waals surface area contributed by atoms with E-state index >= 15 is 0 Å². The van der Waals surface area contributed by atoms with Crippen LogP contribution in [0.4, 0.5) is 0 Å². The summed E-state index contributed by atoms with van der Waals surface area (Å²) in [6.45, 7) is 10.6. The van der Waals surface area contributed by atoms with Gasteiger partial charge >= 0.3 is 0 Å². The Labute approximate surface area is 115 Å². The molecule has 0 aliphatic heterocycles. The van der Waals surface area contributed by atoms with Crippen molar-refractivity contribution in [2.24, 2.45) is 5.41 Å². The largest absolute Gasteiger partial charge is 0.347 e. The zero-order valence-corrected chi connectivity index (χ0v) is 12.6. The number of carbonyl (C=O) groups excluding carboxylic acids is 1. The lowest BCUT2D eigenvalue weighted by molar-refractivity contribution is 0.0891. The summed E-state index contributed by atoms with van der Waals surface area (Å²) in [5.41, 5.74) is 0.590. The van der Waals surface area contributed by atoms with Gasteiger partial charge in [-0.1, -0.05) is 32.4 Å². The highest BCUT2D eigenvalue weighted by Gasteiger charge is 2.27. The molecule has 100 valence electrons. The third-order valence-corrected chi connectivity index (χ3v) is 2.78. The highest BCUT2D eigenvalue weighted by Crippen LogP contribution is 2.27. The third-order valence-electron chi connectivity index (χ3n) is 2.53. The Morgan fingerprint density at radius 3 is 2.06 bits per heavy atom. The second-order valence-electron chi connectivity index (χ2n) is 6.58. The topological polar surface area (TPSA) is 29.1 Å². The molecule has 0 aromatic heterocycles. The van der Waals surface area contributed by atoms with Crippen LogP contribution in [0.3, 0.4) is 0 Å². The van der Waals surface area contributed by atoms with Crippen molar-refractivity contribution in [3.8, 4) is 0 Å². The van der Waals surface area contributed by atoms with Crippen LogP contribution >= 0.6 is 11.6 Å². The van der Waals surface area contributed by atoms with Crippen LogP contribution in [0.15, 0.2) is 24.3 Å². The number of rotatable bonds is 3. The molecule has 1 aromatic rings. The average Bonchev–Trinajstić information content (AvgIpc) is 2.13. The third kappa shape index (κ3) is 5.09. The summed E-state index contributed by atoms with van der Waals surface area (Å²) >= 11 is 5.80. The minimum atomic E-state index is -0.227. The van der Waals surface area contributed by atoms with Gasteiger partial charge in [-0.3, -0.25) is 4.79 Å². The second kappa shape index (κ2) is 5.31. The Balaban J connectivity index is 2.72. The molecule has 0 saturated carbocycles. The van der Waals surface area contributed by atoms with Crippen molar-refractivity contribution in [2.45, 2.75) is 46.6 Å². The molecule has 0 spiro atoms. The quantitative estimate of drug-likeness (QED) is 0.870. The smallest absolute Gasteiger partial charge is 0.251 e. The maximum Gasteiger partial charge on any atom is 0.251 e. The molecule has 0 atom stereocenters. The predicted molar refractivity (Wildman–Crippen MR) is 77.1 cm³/mol. The van der Waals surface area contributed by atoms with E-state index in [-0.39, 0.29) is 16.9 Å². The van der Waals surface area contributed by atoms with Crippen LogP contribution in [0.25, 0.3) is 0 Å². The van der Waals surface area contributed by atoms with Gasteiger partial charge in [0, 0.05) is 16.1 Å². The summed E-state index contributed by atoms with van der Waals surface area (Å²) < 4.78 is 0. The zero-order valence-electron chi connectivity index (χ0n) is 11.8.